The number of ether oxygens (including phenoxy) is 1. The molecule has 0 aliphatic carbocycles. The minimum atomic E-state index is -2.57. The summed E-state index contributed by atoms with van der Waals surface area (Å²) >= 11 is 0. The Labute approximate surface area is 187 Å². The predicted molar refractivity (Wildman–Crippen MR) is 126 cm³/mol. The van der Waals surface area contributed by atoms with Crippen molar-refractivity contribution in [2.24, 2.45) is 0 Å². The van der Waals surface area contributed by atoms with Gasteiger partial charge in [-0.2, -0.15) is 0 Å². The molecule has 0 saturated carbocycles. The third-order valence-electron chi connectivity index (χ3n) is 7.57. The van der Waals surface area contributed by atoms with Crippen LogP contribution in [0, 0.1) is 0 Å². The van der Waals surface area contributed by atoms with Gasteiger partial charge in [0.2, 0.25) is 0 Å². The largest absolute Gasteiger partial charge is 0.414 e. The fourth-order valence-electron chi connectivity index (χ4n) is 5.56. The van der Waals surface area contributed by atoms with Gasteiger partial charge in [0.05, 0.1) is 25.4 Å². The van der Waals surface area contributed by atoms with Gasteiger partial charge in [-0.15, -0.1) is 0 Å². The van der Waals surface area contributed by atoms with Gasteiger partial charge < -0.3 is 22.6 Å². The summed E-state index contributed by atoms with van der Waals surface area (Å²) in [6, 6.07) is 0.299. The number of piperazine rings is 1. The van der Waals surface area contributed by atoms with Gasteiger partial charge >= 0.3 is 17.1 Å². The molecule has 3 heterocycles. The maximum atomic E-state index is 7.32. The standard InChI is InChI=1S/C22H46N2O4Si2/c1-16(2)29(17(3)4)26-15-21-22(27-30(28-29,18(5)6)19(7)8)20(14-25-21)24-12-10-23(9)11-13-24/h16-22H,10-15H2,1-9H3/t20-,21-,22+/m1/s1. The molecule has 0 aromatic rings. The van der Waals surface area contributed by atoms with Crippen LogP contribution in [0.25, 0.3) is 0 Å². The van der Waals surface area contributed by atoms with Crippen molar-refractivity contribution in [1.29, 1.82) is 0 Å². The van der Waals surface area contributed by atoms with Crippen molar-refractivity contribution in [3.05, 3.63) is 0 Å². The number of fused-ring (bicyclic) bond motifs is 1. The average Bonchev–Trinajstić information content (AvgIpc) is 3.03. The lowest BCUT2D eigenvalue weighted by atomic mass is 10.1. The van der Waals surface area contributed by atoms with Crippen molar-refractivity contribution in [2.45, 2.75) is 95.8 Å². The summed E-state index contributed by atoms with van der Waals surface area (Å²) in [7, 11) is -2.84. The Hall–Kier alpha value is 0.194. The van der Waals surface area contributed by atoms with Crippen LogP contribution in [0.3, 0.4) is 0 Å². The van der Waals surface area contributed by atoms with Gasteiger partial charge in [0.25, 0.3) is 0 Å². The number of hydrogen-bond acceptors (Lipinski definition) is 6. The van der Waals surface area contributed by atoms with E-state index in [0.29, 0.717) is 34.8 Å². The molecule has 6 nitrogen and oxygen atoms in total. The molecular formula is C22H46N2O4Si2. The molecule has 3 fully saturated rings. The van der Waals surface area contributed by atoms with Crippen molar-refractivity contribution in [1.82, 2.24) is 9.80 Å². The summed E-state index contributed by atoms with van der Waals surface area (Å²) in [4.78, 5) is 4.99. The van der Waals surface area contributed by atoms with Crippen LogP contribution >= 0.6 is 0 Å². The van der Waals surface area contributed by atoms with Crippen LogP contribution in [0.15, 0.2) is 0 Å². The van der Waals surface area contributed by atoms with E-state index in [0.717, 1.165) is 32.8 Å². The lowest BCUT2D eigenvalue weighted by molar-refractivity contribution is -0.0279. The molecule has 3 aliphatic rings. The molecule has 30 heavy (non-hydrogen) atoms. The van der Waals surface area contributed by atoms with Crippen LogP contribution in [-0.2, 0) is 17.7 Å². The van der Waals surface area contributed by atoms with Gasteiger partial charge in [-0.05, 0) is 29.2 Å². The fraction of sp³-hybridized carbons (Fsp3) is 1.00. The average molecular weight is 459 g/mol. The summed E-state index contributed by atoms with van der Waals surface area (Å²) in [5.74, 6) is 0. The molecule has 0 spiro atoms. The van der Waals surface area contributed by atoms with Crippen molar-refractivity contribution in [3.8, 4) is 0 Å². The zero-order chi connectivity index (χ0) is 22.3. The lowest BCUT2D eigenvalue weighted by Gasteiger charge is -2.52. The van der Waals surface area contributed by atoms with E-state index in [1.165, 1.54) is 0 Å². The summed E-state index contributed by atoms with van der Waals surface area (Å²) < 4.78 is 27.8. The maximum Gasteiger partial charge on any atom is 0.335 e. The minimum absolute atomic E-state index is 0.00676. The topological polar surface area (TPSA) is 43.4 Å². The second-order valence-electron chi connectivity index (χ2n) is 10.8. The lowest BCUT2D eigenvalue weighted by Crippen LogP contribution is -2.67. The van der Waals surface area contributed by atoms with Crippen LogP contribution in [0.4, 0.5) is 0 Å². The Balaban J connectivity index is 1.96. The van der Waals surface area contributed by atoms with E-state index in [1.807, 2.05) is 0 Å². The highest BCUT2D eigenvalue weighted by molar-refractivity contribution is 6.83. The first kappa shape index (κ1) is 24.8. The molecule has 176 valence electrons. The molecule has 0 aromatic carbocycles. The Bertz CT molecular complexity index is 551. The quantitative estimate of drug-likeness (QED) is 0.581. The van der Waals surface area contributed by atoms with Crippen LogP contribution in [0.5, 0.6) is 0 Å². The highest BCUT2D eigenvalue weighted by Crippen LogP contribution is 2.47. The molecule has 0 aromatic heterocycles. The number of likely N-dealkylation sites (N-methyl/N-ethyl adjacent to an activating group) is 1. The van der Waals surface area contributed by atoms with Crippen molar-refractivity contribution < 1.29 is 17.7 Å². The smallest absolute Gasteiger partial charge is 0.335 e. The first-order valence-corrected chi connectivity index (χ1v) is 16.0. The molecule has 3 rings (SSSR count). The maximum absolute atomic E-state index is 7.32. The highest BCUT2D eigenvalue weighted by Gasteiger charge is 2.60. The fourth-order valence-corrected chi connectivity index (χ4v) is 16.8. The molecule has 3 aliphatic heterocycles. The third kappa shape index (κ3) is 4.48. The molecule has 8 heteroatoms. The van der Waals surface area contributed by atoms with Crippen LogP contribution in [-0.4, -0.2) is 91.6 Å². The third-order valence-corrected chi connectivity index (χ3v) is 17.8. The molecule has 0 unspecified atom stereocenters. The second-order valence-corrected chi connectivity index (χ2v) is 19.7. The van der Waals surface area contributed by atoms with Gasteiger partial charge in [0, 0.05) is 26.2 Å². The van der Waals surface area contributed by atoms with Gasteiger partial charge in [0.15, 0.2) is 0 Å². The van der Waals surface area contributed by atoms with E-state index in [-0.39, 0.29) is 12.2 Å². The van der Waals surface area contributed by atoms with Crippen LogP contribution in [0.2, 0.25) is 22.2 Å². The second kappa shape index (κ2) is 9.59. The van der Waals surface area contributed by atoms with E-state index in [2.05, 4.69) is 72.2 Å². The number of hydrogen-bond donors (Lipinski definition) is 0. The van der Waals surface area contributed by atoms with Crippen LogP contribution in [0.1, 0.15) is 55.4 Å². The first-order valence-electron chi connectivity index (χ1n) is 12.1. The molecule has 0 amide bonds. The summed E-state index contributed by atoms with van der Waals surface area (Å²) in [5.41, 5.74) is 1.46. The summed E-state index contributed by atoms with van der Waals surface area (Å²) in [6.45, 7) is 24.0. The molecule has 3 saturated heterocycles. The molecule has 0 radical (unpaired) electrons. The molecule has 3 atom stereocenters. The molecule has 0 N–H and O–H groups in total. The van der Waals surface area contributed by atoms with Gasteiger partial charge in [-0.3, -0.25) is 4.90 Å². The molecule has 0 bridgehead atoms. The monoisotopic (exact) mass is 458 g/mol. The Morgan fingerprint density at radius 1 is 0.733 bits per heavy atom. The Morgan fingerprint density at radius 3 is 1.77 bits per heavy atom. The van der Waals surface area contributed by atoms with E-state index in [9.17, 15) is 0 Å². The minimum Gasteiger partial charge on any atom is -0.414 e. The normalized spacial score (nSPS) is 33.3. The zero-order valence-corrected chi connectivity index (χ0v) is 22.8. The van der Waals surface area contributed by atoms with Gasteiger partial charge in [0.1, 0.15) is 6.10 Å². The SMILES string of the molecule is CC(C)[Si]1(C(C)C)OC[C@H]2OC[C@@H](N3CCN(C)CC3)[C@@H]2O[Si](C(C)C)(C(C)C)O1. The Kier molecular flexibility index (Phi) is 7.94. The Morgan fingerprint density at radius 2 is 1.27 bits per heavy atom. The van der Waals surface area contributed by atoms with Crippen LogP contribution < -0.4 is 0 Å². The van der Waals surface area contributed by atoms with E-state index in [1.54, 1.807) is 0 Å². The van der Waals surface area contributed by atoms with E-state index < -0.39 is 17.1 Å². The number of nitrogens with zero attached hydrogens (tertiary/aromatic N) is 2. The van der Waals surface area contributed by atoms with E-state index in [4.69, 9.17) is 17.7 Å². The van der Waals surface area contributed by atoms with E-state index >= 15 is 0 Å². The predicted octanol–water partition coefficient (Wildman–Crippen LogP) is 3.96. The van der Waals surface area contributed by atoms with Crippen molar-refractivity contribution >= 4 is 17.1 Å². The molecular weight excluding hydrogens is 412 g/mol. The first-order chi connectivity index (χ1) is 14.0. The summed E-state index contributed by atoms with van der Waals surface area (Å²) in [5, 5.41) is 0. The van der Waals surface area contributed by atoms with Crippen molar-refractivity contribution in [3.63, 3.8) is 0 Å². The number of rotatable bonds is 5. The van der Waals surface area contributed by atoms with Gasteiger partial charge in [-0.1, -0.05) is 55.4 Å². The van der Waals surface area contributed by atoms with Crippen molar-refractivity contribution in [2.75, 3.05) is 46.4 Å². The highest BCUT2D eigenvalue weighted by atomic mass is 28.5. The summed E-state index contributed by atoms with van der Waals surface area (Å²) in [6.07, 6.45) is 0.0449. The van der Waals surface area contributed by atoms with Gasteiger partial charge in [-0.25, -0.2) is 0 Å². The zero-order valence-electron chi connectivity index (χ0n) is 20.8.